The summed E-state index contributed by atoms with van der Waals surface area (Å²) in [6.45, 7) is 1.37. The summed E-state index contributed by atoms with van der Waals surface area (Å²) in [4.78, 5) is 17.6. The second-order valence-electron chi connectivity index (χ2n) is 3.60. The molecule has 0 bridgehead atoms. The van der Waals surface area contributed by atoms with Crippen LogP contribution >= 0.6 is 0 Å². The summed E-state index contributed by atoms with van der Waals surface area (Å²) in [5.41, 5.74) is 0. The van der Waals surface area contributed by atoms with Crippen LogP contribution in [0.2, 0.25) is 0 Å². The zero-order valence-electron chi connectivity index (χ0n) is 8.77. The standard InChI is InChI=1S/C11H14N2O2/c1-15-11-6-2-5-10(12-11)13-7-3-4-9(14)8-13/h2,5-6H,3-4,7-8H2,1H3. The minimum Gasteiger partial charge on any atom is -0.481 e. The highest BCUT2D eigenvalue weighted by molar-refractivity contribution is 5.84. The van der Waals surface area contributed by atoms with Gasteiger partial charge < -0.3 is 9.64 Å². The molecule has 1 aliphatic heterocycles. The minimum atomic E-state index is 0.283. The van der Waals surface area contributed by atoms with Crippen molar-refractivity contribution in [3.05, 3.63) is 18.2 Å². The number of hydrogen-bond acceptors (Lipinski definition) is 4. The van der Waals surface area contributed by atoms with E-state index in [0.717, 1.165) is 18.8 Å². The molecule has 0 saturated carbocycles. The highest BCUT2D eigenvalue weighted by Crippen LogP contribution is 2.18. The first kappa shape index (κ1) is 9.96. The lowest BCUT2D eigenvalue weighted by Crippen LogP contribution is -2.36. The number of ketones is 1. The Hall–Kier alpha value is -1.58. The molecule has 0 atom stereocenters. The highest BCUT2D eigenvalue weighted by atomic mass is 16.5. The molecule has 4 nitrogen and oxygen atoms in total. The van der Waals surface area contributed by atoms with E-state index >= 15 is 0 Å². The fourth-order valence-corrected chi connectivity index (χ4v) is 1.73. The van der Waals surface area contributed by atoms with Gasteiger partial charge in [-0.1, -0.05) is 6.07 Å². The summed E-state index contributed by atoms with van der Waals surface area (Å²) in [7, 11) is 1.59. The number of nitrogens with zero attached hydrogens (tertiary/aromatic N) is 2. The Kier molecular flexibility index (Phi) is 2.85. The Morgan fingerprint density at radius 1 is 1.47 bits per heavy atom. The molecule has 0 unspecified atom stereocenters. The second kappa shape index (κ2) is 4.29. The van der Waals surface area contributed by atoms with Gasteiger partial charge in [-0.25, -0.2) is 0 Å². The van der Waals surface area contributed by atoms with Crippen LogP contribution < -0.4 is 9.64 Å². The molecule has 0 amide bonds. The van der Waals surface area contributed by atoms with Gasteiger partial charge in [-0.15, -0.1) is 0 Å². The van der Waals surface area contributed by atoms with Crippen molar-refractivity contribution < 1.29 is 9.53 Å². The fourth-order valence-electron chi connectivity index (χ4n) is 1.73. The molecule has 2 rings (SSSR count). The van der Waals surface area contributed by atoms with Crippen molar-refractivity contribution in [3.63, 3.8) is 0 Å². The SMILES string of the molecule is COc1cccc(N2CCCC(=O)C2)n1. The van der Waals surface area contributed by atoms with E-state index < -0.39 is 0 Å². The first-order valence-corrected chi connectivity index (χ1v) is 5.07. The van der Waals surface area contributed by atoms with Gasteiger partial charge in [-0.3, -0.25) is 4.79 Å². The molecular formula is C11H14N2O2. The van der Waals surface area contributed by atoms with Crippen LogP contribution in [0.5, 0.6) is 5.88 Å². The summed E-state index contributed by atoms with van der Waals surface area (Å²) in [5, 5.41) is 0. The largest absolute Gasteiger partial charge is 0.481 e. The van der Waals surface area contributed by atoms with E-state index in [0.29, 0.717) is 18.8 Å². The quantitative estimate of drug-likeness (QED) is 0.730. The summed E-state index contributed by atoms with van der Waals surface area (Å²) < 4.78 is 5.05. The third-order valence-corrected chi connectivity index (χ3v) is 2.49. The maximum absolute atomic E-state index is 11.3. The molecule has 2 heterocycles. The topological polar surface area (TPSA) is 42.4 Å². The van der Waals surface area contributed by atoms with Crippen molar-refractivity contribution in [2.45, 2.75) is 12.8 Å². The molecule has 1 fully saturated rings. The Labute approximate surface area is 88.9 Å². The second-order valence-corrected chi connectivity index (χ2v) is 3.60. The number of carbonyl (C=O) groups is 1. The lowest BCUT2D eigenvalue weighted by atomic mass is 10.1. The van der Waals surface area contributed by atoms with Gasteiger partial charge in [0.2, 0.25) is 5.88 Å². The smallest absolute Gasteiger partial charge is 0.214 e. The number of ether oxygens (including phenoxy) is 1. The van der Waals surface area contributed by atoms with Crippen molar-refractivity contribution in [2.75, 3.05) is 25.1 Å². The molecule has 80 valence electrons. The predicted octanol–water partition coefficient (Wildman–Crippen LogP) is 1.26. The van der Waals surface area contributed by atoms with E-state index in [2.05, 4.69) is 4.98 Å². The first-order chi connectivity index (χ1) is 7.29. The van der Waals surface area contributed by atoms with Crippen LogP contribution in [0.15, 0.2) is 18.2 Å². The van der Waals surface area contributed by atoms with Crippen molar-refractivity contribution in [2.24, 2.45) is 0 Å². The van der Waals surface area contributed by atoms with Crippen molar-refractivity contribution >= 4 is 11.6 Å². The molecule has 1 aromatic rings. The first-order valence-electron chi connectivity index (χ1n) is 5.07. The van der Waals surface area contributed by atoms with E-state index in [1.54, 1.807) is 13.2 Å². The van der Waals surface area contributed by atoms with Gasteiger partial charge in [0.05, 0.1) is 13.7 Å². The predicted molar refractivity (Wildman–Crippen MR) is 57.2 cm³/mol. The number of rotatable bonds is 2. The maximum Gasteiger partial charge on any atom is 0.214 e. The van der Waals surface area contributed by atoms with Crippen LogP contribution in [0.4, 0.5) is 5.82 Å². The number of piperidine rings is 1. The van der Waals surface area contributed by atoms with E-state index in [1.165, 1.54) is 0 Å². The molecule has 0 aromatic carbocycles. The Bertz CT molecular complexity index is 365. The molecule has 1 aliphatic rings. The number of hydrogen-bond donors (Lipinski definition) is 0. The van der Waals surface area contributed by atoms with Crippen LogP contribution in [-0.2, 0) is 4.79 Å². The number of Topliss-reactive ketones (excluding diaryl/α,β-unsaturated/α-hetero) is 1. The van der Waals surface area contributed by atoms with E-state index in [4.69, 9.17) is 4.74 Å². The lowest BCUT2D eigenvalue weighted by molar-refractivity contribution is -0.118. The molecule has 0 spiro atoms. The molecule has 0 N–H and O–H groups in total. The lowest BCUT2D eigenvalue weighted by Gasteiger charge is -2.26. The average Bonchev–Trinajstić information content (AvgIpc) is 2.29. The van der Waals surface area contributed by atoms with Gasteiger partial charge in [0, 0.05) is 19.0 Å². The maximum atomic E-state index is 11.3. The van der Waals surface area contributed by atoms with Crippen molar-refractivity contribution in [3.8, 4) is 5.88 Å². The summed E-state index contributed by atoms with van der Waals surface area (Å²) >= 11 is 0. The van der Waals surface area contributed by atoms with Gasteiger partial charge >= 0.3 is 0 Å². The average molecular weight is 206 g/mol. The van der Waals surface area contributed by atoms with E-state index in [-0.39, 0.29) is 5.78 Å². The molecule has 0 aliphatic carbocycles. The van der Waals surface area contributed by atoms with Crippen LogP contribution in [0.1, 0.15) is 12.8 Å². The highest BCUT2D eigenvalue weighted by Gasteiger charge is 2.17. The van der Waals surface area contributed by atoms with Crippen molar-refractivity contribution in [1.29, 1.82) is 0 Å². The summed E-state index contributed by atoms with van der Waals surface area (Å²) in [6.07, 6.45) is 1.61. The van der Waals surface area contributed by atoms with Crippen LogP contribution in [-0.4, -0.2) is 31.0 Å². The normalized spacial score (nSPS) is 16.6. The fraction of sp³-hybridized carbons (Fsp3) is 0.455. The van der Waals surface area contributed by atoms with Gasteiger partial charge in [0.25, 0.3) is 0 Å². The van der Waals surface area contributed by atoms with Gasteiger partial charge in [-0.05, 0) is 12.5 Å². The molecule has 1 saturated heterocycles. The molecule has 0 radical (unpaired) electrons. The van der Waals surface area contributed by atoms with Gasteiger partial charge in [0.15, 0.2) is 5.78 Å². The third kappa shape index (κ3) is 2.26. The Morgan fingerprint density at radius 3 is 3.07 bits per heavy atom. The van der Waals surface area contributed by atoms with Gasteiger partial charge in [-0.2, -0.15) is 4.98 Å². The third-order valence-electron chi connectivity index (χ3n) is 2.49. The Balaban J connectivity index is 2.17. The number of anilines is 1. The van der Waals surface area contributed by atoms with Crippen LogP contribution in [0, 0.1) is 0 Å². The molecule has 15 heavy (non-hydrogen) atoms. The number of pyridine rings is 1. The van der Waals surface area contributed by atoms with Crippen LogP contribution in [0.25, 0.3) is 0 Å². The van der Waals surface area contributed by atoms with Gasteiger partial charge in [0.1, 0.15) is 5.82 Å². The summed E-state index contributed by atoms with van der Waals surface area (Å²) in [6, 6.07) is 5.59. The number of aromatic nitrogens is 1. The number of carbonyl (C=O) groups excluding carboxylic acids is 1. The minimum absolute atomic E-state index is 0.283. The van der Waals surface area contributed by atoms with E-state index in [1.807, 2.05) is 17.0 Å². The Morgan fingerprint density at radius 2 is 2.33 bits per heavy atom. The zero-order chi connectivity index (χ0) is 10.7. The molecule has 4 heteroatoms. The number of methoxy groups -OCH3 is 1. The van der Waals surface area contributed by atoms with Crippen LogP contribution in [0.3, 0.4) is 0 Å². The zero-order valence-corrected chi connectivity index (χ0v) is 8.77. The van der Waals surface area contributed by atoms with Crippen molar-refractivity contribution in [1.82, 2.24) is 4.98 Å². The molecular weight excluding hydrogens is 192 g/mol. The monoisotopic (exact) mass is 206 g/mol. The molecule has 1 aromatic heterocycles. The van der Waals surface area contributed by atoms with E-state index in [9.17, 15) is 4.79 Å². The summed E-state index contributed by atoms with van der Waals surface area (Å²) in [5.74, 6) is 1.69.